The summed E-state index contributed by atoms with van der Waals surface area (Å²) >= 11 is 6.08. The van der Waals surface area contributed by atoms with Crippen LogP contribution in [-0.4, -0.2) is 54.2 Å². The second-order valence-corrected chi connectivity index (χ2v) is 8.81. The Hall–Kier alpha value is -3.58. The summed E-state index contributed by atoms with van der Waals surface area (Å²) in [6.07, 6.45) is 2.98. The number of rotatable bonds is 6. The molecule has 0 bridgehead atoms. The van der Waals surface area contributed by atoms with Gasteiger partial charge in [-0.25, -0.2) is 9.97 Å². The third-order valence-electron chi connectivity index (χ3n) is 6.22. The molecule has 0 spiro atoms. The van der Waals surface area contributed by atoms with Crippen LogP contribution in [0.1, 0.15) is 12.0 Å². The van der Waals surface area contributed by atoms with Crippen LogP contribution >= 0.6 is 11.6 Å². The smallest absolute Gasteiger partial charge is 0.305 e. The number of aromatic amines is 1. The molecule has 3 heterocycles. The number of ether oxygens (including phenoxy) is 1. The fraction of sp³-hybridized carbons (Fsp3) is 0.269. The molecule has 0 saturated carbocycles. The first-order valence-corrected chi connectivity index (χ1v) is 11.7. The maximum Gasteiger partial charge on any atom is 0.305 e. The van der Waals surface area contributed by atoms with Gasteiger partial charge in [0.15, 0.2) is 0 Å². The number of anilines is 2. The Labute approximate surface area is 203 Å². The Kier molecular flexibility index (Phi) is 6.36. The van der Waals surface area contributed by atoms with Gasteiger partial charge in [-0.05, 0) is 54.4 Å². The third-order valence-corrected chi connectivity index (χ3v) is 6.45. The Balaban J connectivity index is 1.19. The second-order valence-electron chi connectivity index (χ2n) is 8.37. The molecular formula is C26H26ClN5O2. The lowest BCUT2D eigenvalue weighted by Crippen LogP contribution is -2.46. The first kappa shape index (κ1) is 22.2. The van der Waals surface area contributed by atoms with Gasteiger partial charge in [-0.1, -0.05) is 23.7 Å². The van der Waals surface area contributed by atoms with Crippen LogP contribution < -0.4 is 9.80 Å². The van der Waals surface area contributed by atoms with Crippen LogP contribution in [0.3, 0.4) is 0 Å². The van der Waals surface area contributed by atoms with Crippen LogP contribution in [0.5, 0.6) is 0 Å². The lowest BCUT2D eigenvalue weighted by atomic mass is 10.1. The van der Waals surface area contributed by atoms with E-state index < -0.39 is 0 Å². The minimum absolute atomic E-state index is 0.177. The van der Waals surface area contributed by atoms with Crippen molar-refractivity contribution in [1.82, 2.24) is 15.0 Å². The molecule has 7 nitrogen and oxygen atoms in total. The van der Waals surface area contributed by atoms with Crippen molar-refractivity contribution < 1.29 is 9.53 Å². The number of carbonyl (C=O) groups excluding carboxylic acids is 1. The van der Waals surface area contributed by atoms with Crippen LogP contribution in [0, 0.1) is 0 Å². The Bertz CT molecular complexity index is 1280. The summed E-state index contributed by atoms with van der Waals surface area (Å²) in [4.78, 5) is 28.7. The Morgan fingerprint density at radius 3 is 2.50 bits per heavy atom. The summed E-state index contributed by atoms with van der Waals surface area (Å²) in [6.45, 7) is 3.66. The molecule has 0 unspecified atom stereocenters. The van der Waals surface area contributed by atoms with Crippen molar-refractivity contribution in [3.63, 3.8) is 0 Å². The number of esters is 1. The minimum atomic E-state index is -0.177. The predicted octanol–water partition coefficient (Wildman–Crippen LogP) is 4.71. The summed E-state index contributed by atoms with van der Waals surface area (Å²) in [7, 11) is 1.42. The number of carbonyl (C=O) groups is 1. The zero-order valence-electron chi connectivity index (χ0n) is 19.0. The minimum Gasteiger partial charge on any atom is -0.469 e. The van der Waals surface area contributed by atoms with Crippen molar-refractivity contribution in [3.05, 3.63) is 71.4 Å². The SMILES string of the molecule is COC(=O)CCc1ccc(N2CCN(c3ccc(-c4nc5ccc(Cl)cc5[nH]4)cn3)CC2)cc1. The Morgan fingerprint density at radius 2 is 1.79 bits per heavy atom. The number of H-pyrrole nitrogens is 1. The number of aromatic nitrogens is 3. The number of nitrogens with zero attached hydrogens (tertiary/aromatic N) is 4. The number of hydrogen-bond acceptors (Lipinski definition) is 6. The van der Waals surface area contributed by atoms with E-state index in [0.717, 1.165) is 60.0 Å². The number of halogens is 1. The van der Waals surface area contributed by atoms with Gasteiger partial charge in [0.25, 0.3) is 0 Å². The zero-order chi connectivity index (χ0) is 23.5. The number of aryl methyl sites for hydroxylation is 1. The van der Waals surface area contributed by atoms with E-state index in [1.165, 1.54) is 12.8 Å². The number of pyridine rings is 1. The molecule has 2 aromatic carbocycles. The monoisotopic (exact) mass is 475 g/mol. The van der Waals surface area contributed by atoms with Crippen molar-refractivity contribution >= 4 is 40.1 Å². The molecule has 0 aliphatic carbocycles. The number of imidazole rings is 1. The summed E-state index contributed by atoms with van der Waals surface area (Å²) in [5.41, 5.74) is 5.09. The van der Waals surface area contributed by atoms with Gasteiger partial charge in [-0.15, -0.1) is 0 Å². The number of piperazine rings is 1. The lowest BCUT2D eigenvalue weighted by molar-refractivity contribution is -0.140. The first-order valence-electron chi connectivity index (χ1n) is 11.4. The number of fused-ring (bicyclic) bond motifs is 1. The van der Waals surface area contributed by atoms with E-state index in [1.54, 1.807) is 0 Å². The van der Waals surface area contributed by atoms with Gasteiger partial charge in [0.1, 0.15) is 11.6 Å². The van der Waals surface area contributed by atoms with Crippen molar-refractivity contribution in [2.75, 3.05) is 43.1 Å². The summed E-state index contributed by atoms with van der Waals surface area (Å²) in [5.74, 6) is 1.58. The average molecular weight is 476 g/mol. The summed E-state index contributed by atoms with van der Waals surface area (Å²) < 4.78 is 4.72. The highest BCUT2D eigenvalue weighted by molar-refractivity contribution is 6.31. The van der Waals surface area contributed by atoms with Gasteiger partial charge in [-0.2, -0.15) is 0 Å². The van der Waals surface area contributed by atoms with Crippen LogP contribution in [-0.2, 0) is 16.0 Å². The highest BCUT2D eigenvalue weighted by atomic mass is 35.5. The predicted molar refractivity (Wildman–Crippen MR) is 136 cm³/mol. The highest BCUT2D eigenvalue weighted by Crippen LogP contribution is 2.25. The van der Waals surface area contributed by atoms with E-state index in [-0.39, 0.29) is 5.97 Å². The molecule has 2 aromatic heterocycles. The molecule has 0 amide bonds. The van der Waals surface area contributed by atoms with E-state index in [2.05, 4.69) is 56.2 Å². The summed E-state index contributed by atoms with van der Waals surface area (Å²) in [6, 6.07) is 18.2. The maximum atomic E-state index is 11.3. The molecule has 0 atom stereocenters. The molecular weight excluding hydrogens is 450 g/mol. The quantitative estimate of drug-likeness (QED) is 0.407. The molecule has 174 valence electrons. The molecule has 1 saturated heterocycles. The normalized spacial score (nSPS) is 13.9. The number of nitrogens with one attached hydrogen (secondary N) is 1. The molecule has 34 heavy (non-hydrogen) atoms. The van der Waals surface area contributed by atoms with Crippen LogP contribution in [0.15, 0.2) is 60.8 Å². The van der Waals surface area contributed by atoms with E-state index in [0.29, 0.717) is 17.9 Å². The molecule has 1 aliphatic rings. The van der Waals surface area contributed by atoms with Gasteiger partial charge in [0.2, 0.25) is 0 Å². The fourth-order valence-electron chi connectivity index (χ4n) is 4.25. The van der Waals surface area contributed by atoms with Gasteiger partial charge >= 0.3 is 5.97 Å². The van der Waals surface area contributed by atoms with Crippen molar-refractivity contribution in [2.24, 2.45) is 0 Å². The molecule has 4 aromatic rings. The van der Waals surface area contributed by atoms with E-state index in [4.69, 9.17) is 21.3 Å². The fourth-order valence-corrected chi connectivity index (χ4v) is 4.42. The van der Waals surface area contributed by atoms with Gasteiger partial charge in [-0.3, -0.25) is 4.79 Å². The molecule has 8 heteroatoms. The van der Waals surface area contributed by atoms with Gasteiger partial charge < -0.3 is 19.5 Å². The van der Waals surface area contributed by atoms with E-state index >= 15 is 0 Å². The number of benzene rings is 2. The molecule has 1 fully saturated rings. The largest absolute Gasteiger partial charge is 0.469 e. The third kappa shape index (κ3) is 4.84. The van der Waals surface area contributed by atoms with Gasteiger partial charge in [0, 0.05) is 55.1 Å². The highest BCUT2D eigenvalue weighted by Gasteiger charge is 2.19. The average Bonchev–Trinajstić information content (AvgIpc) is 3.31. The molecule has 1 N–H and O–H groups in total. The molecule has 0 radical (unpaired) electrons. The van der Waals surface area contributed by atoms with E-state index in [9.17, 15) is 4.79 Å². The van der Waals surface area contributed by atoms with Crippen molar-refractivity contribution in [1.29, 1.82) is 0 Å². The lowest BCUT2D eigenvalue weighted by Gasteiger charge is -2.36. The van der Waals surface area contributed by atoms with Crippen LogP contribution in [0.2, 0.25) is 5.02 Å². The maximum absolute atomic E-state index is 11.3. The van der Waals surface area contributed by atoms with Crippen molar-refractivity contribution in [2.45, 2.75) is 12.8 Å². The molecule has 1 aliphatic heterocycles. The standard InChI is InChI=1S/C26H26ClN5O2/c1-34-25(33)11-4-18-2-7-21(8-3-18)31-12-14-32(15-13-31)24-10-5-19(17-28-24)26-29-22-9-6-20(27)16-23(22)30-26/h2-3,5-10,16-17H,4,11-15H2,1H3,(H,29,30). The number of hydrogen-bond donors (Lipinski definition) is 1. The Morgan fingerprint density at radius 1 is 1.03 bits per heavy atom. The van der Waals surface area contributed by atoms with Gasteiger partial charge in [0.05, 0.1) is 18.1 Å². The van der Waals surface area contributed by atoms with E-state index in [1.807, 2.05) is 24.4 Å². The molecule has 5 rings (SSSR count). The zero-order valence-corrected chi connectivity index (χ0v) is 19.8. The number of methoxy groups -OCH3 is 1. The summed E-state index contributed by atoms with van der Waals surface area (Å²) in [5, 5.41) is 0.685. The van der Waals surface area contributed by atoms with Crippen LogP contribution in [0.4, 0.5) is 11.5 Å². The van der Waals surface area contributed by atoms with Crippen LogP contribution in [0.25, 0.3) is 22.4 Å². The topological polar surface area (TPSA) is 74.3 Å². The first-order chi connectivity index (χ1) is 16.6. The second kappa shape index (κ2) is 9.73. The van der Waals surface area contributed by atoms with Crippen molar-refractivity contribution in [3.8, 4) is 11.4 Å².